The van der Waals surface area contributed by atoms with Gasteiger partial charge >= 0.3 is 0 Å². The molecule has 0 aromatic carbocycles. The third-order valence-corrected chi connectivity index (χ3v) is 13.5. The molecule has 5 heteroatoms. The van der Waals surface area contributed by atoms with E-state index in [4.69, 9.17) is 0 Å². The van der Waals surface area contributed by atoms with Crippen molar-refractivity contribution in [3.63, 3.8) is 0 Å². The highest BCUT2D eigenvalue weighted by molar-refractivity contribution is 5.76. The van der Waals surface area contributed by atoms with E-state index in [2.05, 4.69) is 19.2 Å². The minimum absolute atomic E-state index is 0.136. The lowest BCUT2D eigenvalue weighted by Crippen LogP contribution is -2.50. The Hall–Kier alpha value is -0.650. The molecule has 0 saturated heterocycles. The summed E-state index contributed by atoms with van der Waals surface area (Å²) in [5, 5.41) is 33.8. The van der Waals surface area contributed by atoms with Crippen molar-refractivity contribution in [3.8, 4) is 0 Å². The molecule has 0 fully saturated rings. The molecule has 1 amide bonds. The maximum Gasteiger partial charge on any atom is 0.220 e. The highest BCUT2D eigenvalue weighted by atomic mass is 16.3. The van der Waals surface area contributed by atoms with Crippen molar-refractivity contribution in [2.75, 3.05) is 6.61 Å². The average molecular weight is 850 g/mol. The van der Waals surface area contributed by atoms with Crippen LogP contribution >= 0.6 is 0 Å². The number of carbonyl (C=O) groups excluding carboxylic acids is 1. The Balaban J connectivity index is 3.50. The molecular weight excluding hydrogens is 739 g/mol. The lowest BCUT2D eigenvalue weighted by Gasteiger charge is -2.26. The van der Waals surface area contributed by atoms with E-state index in [1.165, 1.54) is 263 Å². The molecule has 0 rings (SSSR count). The number of hydrogen-bond acceptors (Lipinski definition) is 4. The zero-order chi connectivity index (χ0) is 43.7. The van der Waals surface area contributed by atoms with Crippen LogP contribution in [0.2, 0.25) is 0 Å². The van der Waals surface area contributed by atoms with Gasteiger partial charge in [-0.2, -0.15) is 0 Å². The molecule has 0 aromatic heterocycles. The van der Waals surface area contributed by atoms with E-state index in [0.29, 0.717) is 12.8 Å². The van der Waals surface area contributed by atoms with E-state index in [0.717, 1.165) is 32.1 Å². The van der Waals surface area contributed by atoms with Crippen LogP contribution in [-0.4, -0.2) is 46.1 Å². The summed E-state index contributed by atoms with van der Waals surface area (Å²) >= 11 is 0. The summed E-state index contributed by atoms with van der Waals surface area (Å²) in [5.74, 6) is -0.136. The molecule has 0 bridgehead atoms. The maximum atomic E-state index is 12.5. The summed E-state index contributed by atoms with van der Waals surface area (Å²) in [6.07, 6.45) is 61.1. The molecule has 0 aliphatic carbocycles. The predicted octanol–water partition coefficient (Wildman–Crippen LogP) is 16.9. The lowest BCUT2D eigenvalue weighted by molar-refractivity contribution is -0.124. The first-order valence-electron chi connectivity index (χ1n) is 27.8. The molecule has 0 aliphatic heterocycles. The van der Waals surface area contributed by atoms with Gasteiger partial charge in [-0.25, -0.2) is 0 Å². The second-order valence-electron chi connectivity index (χ2n) is 19.5. The highest BCUT2D eigenvalue weighted by Crippen LogP contribution is 2.19. The van der Waals surface area contributed by atoms with Gasteiger partial charge in [0.1, 0.15) is 6.10 Å². The molecule has 0 aliphatic rings. The van der Waals surface area contributed by atoms with E-state index in [9.17, 15) is 20.1 Å². The number of aliphatic hydroxyl groups excluding tert-OH is 3. The molecule has 0 spiro atoms. The number of nitrogens with one attached hydrogen (secondary N) is 1. The van der Waals surface area contributed by atoms with Crippen LogP contribution in [0.1, 0.15) is 322 Å². The van der Waals surface area contributed by atoms with Crippen LogP contribution in [0, 0.1) is 0 Å². The standard InChI is InChI=1S/C55H111NO4/c1-3-5-7-9-11-13-15-17-19-21-23-25-27-29-31-33-35-37-39-41-43-45-47-49-53(58)55(60)52(51-57)56-54(59)50-48-46-44-42-40-38-36-34-32-30-28-26-24-22-20-18-16-14-12-10-8-6-4-2/h52-53,55,57-58,60H,3-51H2,1-2H3,(H,56,59). The van der Waals surface area contributed by atoms with Crippen molar-refractivity contribution in [1.82, 2.24) is 5.32 Å². The number of aliphatic hydroxyl groups is 3. The van der Waals surface area contributed by atoms with Crippen LogP contribution in [0.3, 0.4) is 0 Å². The van der Waals surface area contributed by atoms with Crippen molar-refractivity contribution in [1.29, 1.82) is 0 Å². The molecule has 60 heavy (non-hydrogen) atoms. The van der Waals surface area contributed by atoms with E-state index in [-0.39, 0.29) is 12.5 Å². The van der Waals surface area contributed by atoms with Crippen molar-refractivity contribution in [2.24, 2.45) is 0 Å². The topological polar surface area (TPSA) is 89.8 Å². The Morgan fingerprint density at radius 3 is 0.800 bits per heavy atom. The Labute approximate surface area is 377 Å². The van der Waals surface area contributed by atoms with Gasteiger partial charge in [-0.15, -0.1) is 0 Å². The van der Waals surface area contributed by atoms with Crippen molar-refractivity contribution in [3.05, 3.63) is 0 Å². The fourth-order valence-corrected chi connectivity index (χ4v) is 9.17. The quantitative estimate of drug-likeness (QED) is 0.0459. The largest absolute Gasteiger partial charge is 0.394 e. The Kier molecular flexibility index (Phi) is 50.4. The van der Waals surface area contributed by atoms with Gasteiger partial charge in [-0.3, -0.25) is 4.79 Å². The molecule has 0 radical (unpaired) electrons. The summed E-state index contributed by atoms with van der Waals surface area (Å²) < 4.78 is 0. The number of amides is 1. The smallest absolute Gasteiger partial charge is 0.220 e. The molecule has 0 heterocycles. The van der Waals surface area contributed by atoms with Crippen molar-refractivity contribution >= 4 is 5.91 Å². The molecular formula is C55H111NO4. The molecule has 0 saturated carbocycles. The monoisotopic (exact) mass is 850 g/mol. The minimum atomic E-state index is -1.13. The van der Waals surface area contributed by atoms with Gasteiger partial charge in [0.25, 0.3) is 0 Å². The highest BCUT2D eigenvalue weighted by Gasteiger charge is 2.26. The SMILES string of the molecule is CCCCCCCCCCCCCCCCCCCCCCCCCC(=O)NC(CO)C(O)C(O)CCCCCCCCCCCCCCCCCCCCCCCCC. The first kappa shape index (κ1) is 59.4. The van der Waals surface area contributed by atoms with Gasteiger partial charge < -0.3 is 20.6 Å². The predicted molar refractivity (Wildman–Crippen MR) is 264 cm³/mol. The molecule has 360 valence electrons. The summed E-state index contributed by atoms with van der Waals surface area (Å²) in [6, 6.07) is -0.804. The molecule has 3 atom stereocenters. The van der Waals surface area contributed by atoms with Gasteiger partial charge in [0.05, 0.1) is 18.8 Å². The van der Waals surface area contributed by atoms with E-state index >= 15 is 0 Å². The second-order valence-corrected chi connectivity index (χ2v) is 19.5. The normalized spacial score (nSPS) is 13.2. The minimum Gasteiger partial charge on any atom is -0.394 e. The van der Waals surface area contributed by atoms with Gasteiger partial charge in [0.15, 0.2) is 0 Å². The third kappa shape index (κ3) is 45.4. The molecule has 0 aromatic rings. The molecule has 4 N–H and O–H groups in total. The van der Waals surface area contributed by atoms with Gasteiger partial charge in [0.2, 0.25) is 5.91 Å². The van der Waals surface area contributed by atoms with E-state index in [1.807, 2.05) is 0 Å². The van der Waals surface area contributed by atoms with Crippen LogP contribution in [0.15, 0.2) is 0 Å². The van der Waals surface area contributed by atoms with Crippen LogP contribution in [-0.2, 0) is 4.79 Å². The van der Waals surface area contributed by atoms with Crippen molar-refractivity contribution < 1.29 is 20.1 Å². The summed E-state index contributed by atoms with van der Waals surface area (Å²) in [7, 11) is 0. The molecule has 5 nitrogen and oxygen atoms in total. The maximum absolute atomic E-state index is 12.5. The summed E-state index contributed by atoms with van der Waals surface area (Å²) in [5.41, 5.74) is 0. The zero-order valence-corrected chi connectivity index (χ0v) is 41.1. The number of unbranched alkanes of at least 4 members (excludes halogenated alkanes) is 44. The Bertz CT molecular complexity index is 807. The van der Waals surface area contributed by atoms with Crippen molar-refractivity contribution in [2.45, 2.75) is 340 Å². The Morgan fingerprint density at radius 2 is 0.567 bits per heavy atom. The van der Waals surface area contributed by atoms with Gasteiger partial charge in [-0.1, -0.05) is 303 Å². The summed E-state index contributed by atoms with van der Waals surface area (Å²) in [6.45, 7) is 4.23. The first-order chi connectivity index (χ1) is 29.6. The number of rotatable bonds is 52. The lowest BCUT2D eigenvalue weighted by atomic mass is 9.99. The second kappa shape index (κ2) is 51.0. The van der Waals surface area contributed by atoms with Crippen LogP contribution in [0.5, 0.6) is 0 Å². The Morgan fingerprint density at radius 1 is 0.350 bits per heavy atom. The number of hydrogen-bond donors (Lipinski definition) is 4. The van der Waals surface area contributed by atoms with Gasteiger partial charge in [0, 0.05) is 6.42 Å². The van der Waals surface area contributed by atoms with E-state index in [1.54, 1.807) is 0 Å². The van der Waals surface area contributed by atoms with Crippen LogP contribution < -0.4 is 5.32 Å². The van der Waals surface area contributed by atoms with Crippen LogP contribution in [0.4, 0.5) is 0 Å². The third-order valence-electron chi connectivity index (χ3n) is 13.5. The zero-order valence-electron chi connectivity index (χ0n) is 41.1. The first-order valence-corrected chi connectivity index (χ1v) is 27.8. The molecule has 3 unspecified atom stereocenters. The fraction of sp³-hybridized carbons (Fsp3) is 0.982. The number of carbonyl (C=O) groups is 1. The van der Waals surface area contributed by atoms with E-state index < -0.39 is 18.2 Å². The van der Waals surface area contributed by atoms with Crippen LogP contribution in [0.25, 0.3) is 0 Å². The summed E-state index contributed by atoms with van der Waals surface area (Å²) in [4.78, 5) is 12.5. The van der Waals surface area contributed by atoms with Gasteiger partial charge in [-0.05, 0) is 12.8 Å². The average Bonchev–Trinajstić information content (AvgIpc) is 3.25. The fourth-order valence-electron chi connectivity index (χ4n) is 9.17.